The molecule has 0 N–H and O–H groups in total. The van der Waals surface area contributed by atoms with Crippen molar-refractivity contribution in [2.45, 2.75) is 39.7 Å². The molecule has 0 spiro atoms. The maximum atomic E-state index is 11.1. The Morgan fingerprint density at radius 3 is 2.42 bits per heavy atom. The van der Waals surface area contributed by atoms with Gasteiger partial charge in [-0.05, 0) is 19.8 Å². The molecule has 0 aliphatic carbocycles. The summed E-state index contributed by atoms with van der Waals surface area (Å²) < 4.78 is 4.98. The Bertz CT molecular complexity index is 183. The van der Waals surface area contributed by atoms with E-state index in [0.717, 1.165) is 6.42 Å². The molecule has 3 heteroatoms. The van der Waals surface area contributed by atoms with Gasteiger partial charge in [0.25, 0.3) is 0 Å². The number of hydrogen-bond donors (Lipinski definition) is 0. The molecule has 0 fully saturated rings. The van der Waals surface area contributed by atoms with Crippen LogP contribution in [0.4, 0.5) is 0 Å². The Balaban J connectivity index is 3.95. The van der Waals surface area contributed by atoms with Gasteiger partial charge in [0.2, 0.25) is 0 Å². The average molecular weight is 169 g/mol. The van der Waals surface area contributed by atoms with Crippen LogP contribution in [-0.4, -0.2) is 12.1 Å². The van der Waals surface area contributed by atoms with Crippen LogP contribution in [-0.2, 0) is 9.53 Å². The molecule has 3 nitrogen and oxygen atoms in total. The van der Waals surface area contributed by atoms with Crippen LogP contribution in [0.1, 0.15) is 33.6 Å². The molecule has 0 heterocycles. The van der Waals surface area contributed by atoms with Crippen LogP contribution in [0.5, 0.6) is 0 Å². The fourth-order valence-electron chi connectivity index (χ4n) is 0.674. The minimum Gasteiger partial charge on any atom is -0.462 e. The third-order valence-electron chi connectivity index (χ3n) is 1.74. The van der Waals surface area contributed by atoms with Gasteiger partial charge in [-0.1, -0.05) is 13.8 Å². The van der Waals surface area contributed by atoms with E-state index in [1.807, 2.05) is 19.9 Å². The van der Waals surface area contributed by atoms with Crippen molar-refractivity contribution in [3.8, 4) is 6.07 Å². The van der Waals surface area contributed by atoms with Crippen LogP contribution in [0.2, 0.25) is 0 Å². The van der Waals surface area contributed by atoms with Gasteiger partial charge in [0.05, 0.1) is 12.2 Å². The van der Waals surface area contributed by atoms with E-state index in [1.165, 1.54) is 0 Å². The molecule has 0 saturated carbocycles. The Labute approximate surface area is 73.3 Å². The molecule has 0 bridgehead atoms. The van der Waals surface area contributed by atoms with Gasteiger partial charge in [0.15, 0.2) is 0 Å². The van der Waals surface area contributed by atoms with Crippen molar-refractivity contribution in [1.29, 1.82) is 5.26 Å². The van der Waals surface area contributed by atoms with E-state index in [0.29, 0.717) is 6.42 Å². The highest BCUT2D eigenvalue weighted by Gasteiger charge is 2.18. The van der Waals surface area contributed by atoms with Gasteiger partial charge < -0.3 is 4.74 Å². The first-order valence-electron chi connectivity index (χ1n) is 4.25. The molecule has 68 valence electrons. The monoisotopic (exact) mass is 169 g/mol. The summed E-state index contributed by atoms with van der Waals surface area (Å²) in [6, 6.07) is 1.91. The van der Waals surface area contributed by atoms with Gasteiger partial charge in [0.1, 0.15) is 5.92 Å². The van der Waals surface area contributed by atoms with Crippen LogP contribution in [0.3, 0.4) is 0 Å². The molecule has 0 radical (unpaired) electrons. The fraction of sp³-hybridized carbons (Fsp3) is 0.778. The Hall–Kier alpha value is -1.04. The Morgan fingerprint density at radius 1 is 1.50 bits per heavy atom. The number of rotatable bonds is 4. The highest BCUT2D eigenvalue weighted by molar-refractivity contribution is 5.75. The second kappa shape index (κ2) is 5.59. The maximum Gasteiger partial charge on any atom is 0.323 e. The van der Waals surface area contributed by atoms with Gasteiger partial charge in [-0.15, -0.1) is 0 Å². The number of carbonyl (C=O) groups is 1. The van der Waals surface area contributed by atoms with Crippen LogP contribution in [0, 0.1) is 17.2 Å². The molecular weight excluding hydrogens is 154 g/mol. The summed E-state index contributed by atoms with van der Waals surface area (Å²) in [6.45, 7) is 5.55. The summed E-state index contributed by atoms with van der Waals surface area (Å²) in [5.41, 5.74) is 0. The van der Waals surface area contributed by atoms with E-state index in [-0.39, 0.29) is 6.10 Å². The molecule has 0 aliphatic rings. The number of nitrogens with zero attached hydrogens (tertiary/aromatic N) is 1. The minimum atomic E-state index is -0.598. The van der Waals surface area contributed by atoms with Crippen LogP contribution in [0.15, 0.2) is 0 Å². The van der Waals surface area contributed by atoms with E-state index >= 15 is 0 Å². The van der Waals surface area contributed by atoms with E-state index in [1.54, 1.807) is 6.92 Å². The lowest BCUT2D eigenvalue weighted by atomic mass is 10.1. The molecule has 0 aliphatic heterocycles. The first-order chi connectivity index (χ1) is 5.65. The molecule has 12 heavy (non-hydrogen) atoms. The van der Waals surface area contributed by atoms with Crippen molar-refractivity contribution in [3.05, 3.63) is 0 Å². The van der Waals surface area contributed by atoms with Gasteiger partial charge in [0, 0.05) is 0 Å². The number of carbonyl (C=O) groups excluding carboxylic acids is 1. The third kappa shape index (κ3) is 3.38. The van der Waals surface area contributed by atoms with Crippen molar-refractivity contribution in [2.24, 2.45) is 5.92 Å². The Kier molecular flexibility index (Phi) is 5.11. The van der Waals surface area contributed by atoms with E-state index in [9.17, 15) is 4.79 Å². The summed E-state index contributed by atoms with van der Waals surface area (Å²) in [5, 5.41) is 8.53. The van der Waals surface area contributed by atoms with Crippen molar-refractivity contribution >= 4 is 5.97 Å². The van der Waals surface area contributed by atoms with Gasteiger partial charge in [-0.2, -0.15) is 5.26 Å². The Morgan fingerprint density at radius 2 is 2.08 bits per heavy atom. The summed E-state index contributed by atoms with van der Waals surface area (Å²) in [4.78, 5) is 11.1. The minimum absolute atomic E-state index is 0.0834. The summed E-state index contributed by atoms with van der Waals surface area (Å²) in [6.07, 6.45) is 1.22. The zero-order chi connectivity index (χ0) is 9.56. The summed E-state index contributed by atoms with van der Waals surface area (Å²) in [5.74, 6) is -0.992. The summed E-state index contributed by atoms with van der Waals surface area (Å²) >= 11 is 0. The molecule has 2 atom stereocenters. The molecule has 0 rings (SSSR count). The van der Waals surface area contributed by atoms with Gasteiger partial charge >= 0.3 is 5.97 Å². The molecule has 0 aromatic carbocycles. The highest BCUT2D eigenvalue weighted by atomic mass is 16.5. The summed E-state index contributed by atoms with van der Waals surface area (Å²) in [7, 11) is 0. The normalized spacial score (nSPS) is 14.5. The lowest BCUT2D eigenvalue weighted by Crippen LogP contribution is -2.20. The van der Waals surface area contributed by atoms with Gasteiger partial charge in [-0.25, -0.2) is 0 Å². The van der Waals surface area contributed by atoms with Crippen LogP contribution >= 0.6 is 0 Å². The zero-order valence-electron chi connectivity index (χ0n) is 7.83. The smallest absolute Gasteiger partial charge is 0.323 e. The topological polar surface area (TPSA) is 50.1 Å². The number of esters is 1. The molecule has 0 saturated heterocycles. The van der Waals surface area contributed by atoms with Crippen molar-refractivity contribution in [3.63, 3.8) is 0 Å². The second-order valence-electron chi connectivity index (χ2n) is 2.75. The first-order valence-corrected chi connectivity index (χ1v) is 4.25. The maximum absolute atomic E-state index is 11.1. The van der Waals surface area contributed by atoms with Crippen molar-refractivity contribution < 1.29 is 9.53 Å². The highest BCUT2D eigenvalue weighted by Crippen LogP contribution is 2.06. The molecule has 0 aromatic heterocycles. The second-order valence-corrected chi connectivity index (χ2v) is 2.75. The first kappa shape index (κ1) is 11.0. The predicted molar refractivity (Wildman–Crippen MR) is 45.2 cm³/mol. The van der Waals surface area contributed by atoms with Crippen molar-refractivity contribution in [2.75, 3.05) is 0 Å². The number of hydrogen-bond acceptors (Lipinski definition) is 3. The largest absolute Gasteiger partial charge is 0.462 e. The average Bonchev–Trinajstić information content (AvgIpc) is 2.06. The third-order valence-corrected chi connectivity index (χ3v) is 1.74. The lowest BCUT2D eigenvalue weighted by molar-refractivity contribution is -0.151. The fourth-order valence-corrected chi connectivity index (χ4v) is 0.674. The van der Waals surface area contributed by atoms with Crippen molar-refractivity contribution in [1.82, 2.24) is 0 Å². The van der Waals surface area contributed by atoms with E-state index < -0.39 is 11.9 Å². The van der Waals surface area contributed by atoms with E-state index in [4.69, 9.17) is 10.00 Å². The van der Waals surface area contributed by atoms with Crippen LogP contribution in [0.25, 0.3) is 0 Å². The molecule has 0 amide bonds. The number of ether oxygens (including phenoxy) is 1. The molecule has 0 aromatic rings. The van der Waals surface area contributed by atoms with Gasteiger partial charge in [-0.3, -0.25) is 4.79 Å². The predicted octanol–water partition coefficient (Wildman–Crippen LogP) is 1.88. The molecular formula is C9H15NO2. The van der Waals surface area contributed by atoms with E-state index in [2.05, 4.69) is 0 Å². The molecule has 2 unspecified atom stereocenters. The van der Waals surface area contributed by atoms with Crippen LogP contribution < -0.4 is 0 Å². The zero-order valence-corrected chi connectivity index (χ0v) is 7.83. The quantitative estimate of drug-likeness (QED) is 0.604. The number of nitriles is 1. The lowest BCUT2D eigenvalue weighted by Gasteiger charge is -2.12. The standard InChI is InChI=1S/C9H15NO2/c1-4-7(3)12-9(11)8(5-2)6-10/h7-8H,4-5H2,1-3H3. The SMILES string of the molecule is CCC(C)OC(=O)C(C#N)CC.